The van der Waals surface area contributed by atoms with Crippen molar-refractivity contribution in [3.8, 4) is 5.75 Å². The third-order valence-electron chi connectivity index (χ3n) is 3.48. The number of benzene rings is 2. The van der Waals surface area contributed by atoms with Crippen LogP contribution in [0, 0.1) is 13.8 Å². The van der Waals surface area contributed by atoms with E-state index in [4.69, 9.17) is 9.84 Å². The van der Waals surface area contributed by atoms with E-state index in [-0.39, 0.29) is 5.78 Å². The molecule has 23 heavy (non-hydrogen) atoms. The van der Waals surface area contributed by atoms with Crippen LogP contribution < -0.4 is 4.74 Å². The van der Waals surface area contributed by atoms with Crippen LogP contribution in [0.5, 0.6) is 5.75 Å². The Labute approximate surface area is 135 Å². The van der Waals surface area contributed by atoms with Gasteiger partial charge in [-0.15, -0.1) is 0 Å². The molecule has 4 heteroatoms. The summed E-state index contributed by atoms with van der Waals surface area (Å²) in [5, 5.41) is 8.55. The molecule has 0 aliphatic carbocycles. The normalized spacial score (nSPS) is 10.7. The van der Waals surface area contributed by atoms with E-state index in [2.05, 4.69) is 0 Å². The Balaban J connectivity index is 2.09. The molecule has 2 rings (SSSR count). The molecule has 4 nitrogen and oxygen atoms in total. The molecular weight excluding hydrogens is 292 g/mol. The lowest BCUT2D eigenvalue weighted by atomic mass is 10.1. The lowest BCUT2D eigenvalue weighted by molar-refractivity contribution is -0.131. The summed E-state index contributed by atoms with van der Waals surface area (Å²) >= 11 is 0. The molecule has 2 aromatic rings. The first kappa shape index (κ1) is 16.5. The standard InChI is InChI=1S/C19H18O4/c1-13-5-3-4-6-16(13)12-23-18-9-7-15(11-14(18)2)17(20)8-10-19(21)22/h3-11H,12H2,1-2H3,(H,21,22)/b10-8+. The number of carbonyl (C=O) groups excluding carboxylic acids is 1. The van der Waals surface area contributed by atoms with Gasteiger partial charge in [-0.25, -0.2) is 4.79 Å². The monoisotopic (exact) mass is 310 g/mol. The molecular formula is C19H18O4. The minimum absolute atomic E-state index is 0.346. The van der Waals surface area contributed by atoms with Crippen molar-refractivity contribution in [1.82, 2.24) is 0 Å². The summed E-state index contributed by atoms with van der Waals surface area (Å²) in [6.07, 6.45) is 1.88. The van der Waals surface area contributed by atoms with Crippen LogP contribution in [0.15, 0.2) is 54.6 Å². The van der Waals surface area contributed by atoms with Crippen LogP contribution in [0.25, 0.3) is 0 Å². The second-order valence-corrected chi connectivity index (χ2v) is 5.23. The molecule has 0 saturated carbocycles. The van der Waals surface area contributed by atoms with E-state index >= 15 is 0 Å². The number of carbonyl (C=O) groups is 2. The maximum absolute atomic E-state index is 11.8. The summed E-state index contributed by atoms with van der Waals surface area (Å²) < 4.78 is 5.81. The van der Waals surface area contributed by atoms with Gasteiger partial charge in [0.1, 0.15) is 12.4 Å². The van der Waals surface area contributed by atoms with Gasteiger partial charge in [0.25, 0.3) is 0 Å². The van der Waals surface area contributed by atoms with Crippen molar-refractivity contribution in [2.45, 2.75) is 20.5 Å². The first-order valence-electron chi connectivity index (χ1n) is 7.20. The summed E-state index contributed by atoms with van der Waals surface area (Å²) in [6.45, 7) is 4.34. The Kier molecular flexibility index (Phi) is 5.31. The molecule has 0 spiro atoms. The first-order valence-corrected chi connectivity index (χ1v) is 7.20. The van der Waals surface area contributed by atoms with Gasteiger partial charge in [-0.2, -0.15) is 0 Å². The summed E-state index contributed by atoms with van der Waals surface area (Å²) in [5.74, 6) is -0.791. The van der Waals surface area contributed by atoms with Gasteiger partial charge < -0.3 is 9.84 Å². The molecule has 0 aromatic heterocycles. The van der Waals surface area contributed by atoms with Gasteiger partial charge in [-0.3, -0.25) is 4.79 Å². The molecule has 0 fully saturated rings. The molecule has 0 bridgehead atoms. The number of hydrogen-bond acceptors (Lipinski definition) is 3. The number of carboxylic acids is 1. The van der Waals surface area contributed by atoms with Gasteiger partial charge in [0.2, 0.25) is 0 Å². The minimum atomic E-state index is -1.15. The van der Waals surface area contributed by atoms with Crippen molar-refractivity contribution in [3.63, 3.8) is 0 Å². The summed E-state index contributed by atoms with van der Waals surface area (Å²) in [4.78, 5) is 22.3. The zero-order valence-electron chi connectivity index (χ0n) is 13.1. The second kappa shape index (κ2) is 7.40. The van der Waals surface area contributed by atoms with E-state index in [0.717, 1.165) is 28.8 Å². The van der Waals surface area contributed by atoms with Gasteiger partial charge in [0.05, 0.1) is 0 Å². The molecule has 118 valence electrons. The Morgan fingerprint density at radius 3 is 2.43 bits per heavy atom. The predicted octanol–water partition coefficient (Wildman–Crippen LogP) is 3.71. The number of ether oxygens (including phenoxy) is 1. The number of rotatable bonds is 6. The third-order valence-corrected chi connectivity index (χ3v) is 3.48. The maximum atomic E-state index is 11.8. The topological polar surface area (TPSA) is 63.6 Å². The van der Waals surface area contributed by atoms with E-state index in [1.165, 1.54) is 0 Å². The SMILES string of the molecule is Cc1ccccc1COc1ccc(C(=O)/C=C/C(=O)O)cc1C. The minimum Gasteiger partial charge on any atom is -0.489 e. The van der Waals surface area contributed by atoms with Crippen LogP contribution in [0.3, 0.4) is 0 Å². The van der Waals surface area contributed by atoms with E-state index in [1.54, 1.807) is 18.2 Å². The summed E-state index contributed by atoms with van der Waals surface area (Å²) in [6, 6.07) is 13.1. The number of allylic oxidation sites excluding steroid dienone is 1. The highest BCUT2D eigenvalue weighted by molar-refractivity contribution is 6.07. The summed E-state index contributed by atoms with van der Waals surface area (Å²) in [7, 11) is 0. The van der Waals surface area contributed by atoms with Gasteiger partial charge in [-0.05, 0) is 54.8 Å². The Bertz CT molecular complexity index is 760. The molecule has 0 radical (unpaired) electrons. The lowest BCUT2D eigenvalue weighted by Crippen LogP contribution is -2.01. The Hall–Kier alpha value is -2.88. The molecule has 0 saturated heterocycles. The van der Waals surface area contributed by atoms with Gasteiger partial charge >= 0.3 is 5.97 Å². The zero-order valence-corrected chi connectivity index (χ0v) is 13.1. The van der Waals surface area contributed by atoms with Crippen molar-refractivity contribution < 1.29 is 19.4 Å². The van der Waals surface area contributed by atoms with Crippen LogP contribution in [0.1, 0.15) is 27.0 Å². The highest BCUT2D eigenvalue weighted by Crippen LogP contribution is 2.21. The Morgan fingerprint density at radius 2 is 1.78 bits per heavy atom. The average Bonchev–Trinajstić information content (AvgIpc) is 2.52. The van der Waals surface area contributed by atoms with Crippen LogP contribution in [0.4, 0.5) is 0 Å². The highest BCUT2D eigenvalue weighted by Gasteiger charge is 2.07. The number of ketones is 1. The van der Waals surface area contributed by atoms with Crippen LogP contribution in [-0.4, -0.2) is 16.9 Å². The van der Waals surface area contributed by atoms with Crippen molar-refractivity contribution in [2.75, 3.05) is 0 Å². The number of carboxylic acid groups (broad SMARTS) is 1. The van der Waals surface area contributed by atoms with E-state index in [1.807, 2.05) is 38.1 Å². The van der Waals surface area contributed by atoms with Crippen LogP contribution >= 0.6 is 0 Å². The second-order valence-electron chi connectivity index (χ2n) is 5.23. The molecule has 0 aliphatic heterocycles. The summed E-state index contributed by atoms with van der Waals surface area (Å²) in [5.41, 5.74) is 3.53. The fraction of sp³-hybridized carbons (Fsp3) is 0.158. The Morgan fingerprint density at radius 1 is 1.04 bits per heavy atom. The first-order chi connectivity index (χ1) is 11.0. The molecule has 0 unspecified atom stereocenters. The number of aryl methyl sites for hydroxylation is 2. The predicted molar refractivity (Wildman–Crippen MR) is 87.8 cm³/mol. The van der Waals surface area contributed by atoms with Gasteiger partial charge in [0, 0.05) is 11.6 Å². The number of aliphatic carboxylic acids is 1. The van der Waals surface area contributed by atoms with E-state index in [0.29, 0.717) is 17.9 Å². The molecule has 1 N–H and O–H groups in total. The molecule has 0 atom stereocenters. The smallest absolute Gasteiger partial charge is 0.328 e. The van der Waals surface area contributed by atoms with Crippen molar-refractivity contribution in [2.24, 2.45) is 0 Å². The highest BCUT2D eigenvalue weighted by atomic mass is 16.5. The third kappa shape index (κ3) is 4.54. The largest absolute Gasteiger partial charge is 0.489 e. The number of hydrogen-bond donors (Lipinski definition) is 1. The fourth-order valence-corrected chi connectivity index (χ4v) is 2.14. The van der Waals surface area contributed by atoms with Crippen molar-refractivity contribution >= 4 is 11.8 Å². The van der Waals surface area contributed by atoms with Crippen molar-refractivity contribution in [3.05, 3.63) is 76.9 Å². The maximum Gasteiger partial charge on any atom is 0.328 e. The zero-order chi connectivity index (χ0) is 16.8. The van der Waals surface area contributed by atoms with Crippen molar-refractivity contribution in [1.29, 1.82) is 0 Å². The lowest BCUT2D eigenvalue weighted by Gasteiger charge is -2.11. The van der Waals surface area contributed by atoms with E-state index < -0.39 is 5.97 Å². The van der Waals surface area contributed by atoms with Gasteiger partial charge in [0.15, 0.2) is 5.78 Å². The van der Waals surface area contributed by atoms with Gasteiger partial charge in [-0.1, -0.05) is 24.3 Å². The molecule has 0 amide bonds. The molecule has 0 heterocycles. The van der Waals surface area contributed by atoms with Crippen LogP contribution in [-0.2, 0) is 11.4 Å². The molecule has 0 aliphatic rings. The van der Waals surface area contributed by atoms with Crippen LogP contribution in [0.2, 0.25) is 0 Å². The quantitative estimate of drug-likeness (QED) is 0.652. The fourth-order valence-electron chi connectivity index (χ4n) is 2.14. The molecule has 2 aromatic carbocycles. The average molecular weight is 310 g/mol. The van der Waals surface area contributed by atoms with E-state index in [9.17, 15) is 9.59 Å².